The number of nitrogens with two attached hydrogens (primary N) is 1. The molecule has 0 radical (unpaired) electrons. The van der Waals surface area contributed by atoms with Crippen molar-refractivity contribution in [2.45, 2.75) is 6.10 Å². The summed E-state index contributed by atoms with van der Waals surface area (Å²) in [4.78, 5) is 12.3. The van der Waals surface area contributed by atoms with Crippen molar-refractivity contribution in [3.63, 3.8) is 0 Å². The van der Waals surface area contributed by atoms with Crippen molar-refractivity contribution >= 4 is 12.1 Å². The number of nitrogens with one attached hydrogen (secondary N) is 2. The third kappa shape index (κ3) is 2.01. The van der Waals surface area contributed by atoms with Crippen LogP contribution in [-0.4, -0.2) is 43.2 Å². The maximum Gasteiger partial charge on any atom is 0.410 e. The number of guanidine groups is 1. The molecule has 0 aliphatic carbocycles. The molecule has 0 aromatic carbocycles. The van der Waals surface area contributed by atoms with Crippen LogP contribution in [0.5, 0.6) is 0 Å². The van der Waals surface area contributed by atoms with Gasteiger partial charge < -0.3 is 20.7 Å². The molecule has 1 aliphatic rings. The average molecular weight is 172 g/mol. The molecule has 1 heterocycles. The Hall–Kier alpha value is -1.46. The van der Waals surface area contributed by atoms with E-state index in [2.05, 4.69) is 5.32 Å². The summed E-state index contributed by atoms with van der Waals surface area (Å²) >= 11 is 0. The van der Waals surface area contributed by atoms with Gasteiger partial charge in [-0.3, -0.25) is 5.41 Å². The van der Waals surface area contributed by atoms with Gasteiger partial charge in [-0.1, -0.05) is 0 Å². The Morgan fingerprint density at radius 2 is 2.67 bits per heavy atom. The maximum atomic E-state index is 10.8. The Morgan fingerprint density at radius 3 is 3.08 bits per heavy atom. The number of nitrogens with zero attached hydrogens (tertiary/aromatic N) is 1. The van der Waals surface area contributed by atoms with Crippen LogP contribution >= 0.6 is 0 Å². The van der Waals surface area contributed by atoms with Gasteiger partial charge in [0, 0.05) is 7.05 Å². The molecule has 68 valence electrons. The number of likely N-dealkylation sites (N-methyl/N-ethyl adjacent to an activating group) is 1. The van der Waals surface area contributed by atoms with Crippen molar-refractivity contribution < 1.29 is 9.53 Å². The second-order valence-electron chi connectivity index (χ2n) is 2.68. The molecule has 0 bridgehead atoms. The fourth-order valence-corrected chi connectivity index (χ4v) is 0.980. The van der Waals surface area contributed by atoms with Gasteiger partial charge in [-0.25, -0.2) is 4.79 Å². The largest absolute Gasteiger partial charge is 0.442 e. The monoisotopic (exact) mass is 172 g/mol. The first kappa shape index (κ1) is 8.63. The van der Waals surface area contributed by atoms with Crippen LogP contribution in [0, 0.1) is 5.41 Å². The van der Waals surface area contributed by atoms with Crippen molar-refractivity contribution in [1.82, 2.24) is 10.2 Å². The zero-order chi connectivity index (χ0) is 9.14. The number of ether oxygens (including phenoxy) is 1. The molecular weight excluding hydrogens is 160 g/mol. The van der Waals surface area contributed by atoms with E-state index in [1.54, 1.807) is 7.05 Å². The van der Waals surface area contributed by atoms with Gasteiger partial charge in [0.1, 0.15) is 6.10 Å². The molecule has 0 aromatic rings. The zero-order valence-corrected chi connectivity index (χ0v) is 6.83. The predicted octanol–water partition coefficient (Wildman–Crippen LogP) is -1.08. The van der Waals surface area contributed by atoms with Gasteiger partial charge in [0.2, 0.25) is 0 Å². The summed E-state index contributed by atoms with van der Waals surface area (Å²) in [6.45, 7) is 0.935. The van der Waals surface area contributed by atoms with Crippen LogP contribution in [0.1, 0.15) is 0 Å². The molecule has 1 amide bonds. The van der Waals surface area contributed by atoms with Crippen molar-refractivity contribution in [2.75, 3.05) is 20.1 Å². The molecule has 4 N–H and O–H groups in total. The van der Waals surface area contributed by atoms with Crippen LogP contribution in [0.3, 0.4) is 0 Å². The molecular formula is C6H12N4O2. The molecule has 1 saturated heterocycles. The Balaban J connectivity index is 2.28. The van der Waals surface area contributed by atoms with Gasteiger partial charge >= 0.3 is 6.09 Å². The highest BCUT2D eigenvalue weighted by Gasteiger charge is 2.27. The van der Waals surface area contributed by atoms with E-state index >= 15 is 0 Å². The summed E-state index contributed by atoms with van der Waals surface area (Å²) in [5.74, 6) is -0.111. The maximum absolute atomic E-state index is 10.8. The van der Waals surface area contributed by atoms with Crippen LogP contribution in [0.4, 0.5) is 4.79 Å². The number of hydrogen-bond donors (Lipinski definition) is 3. The Bertz CT molecular complexity index is 206. The van der Waals surface area contributed by atoms with Crippen molar-refractivity contribution in [1.29, 1.82) is 5.41 Å². The number of carbonyl (C=O) groups excluding carboxylic acids is 1. The first-order chi connectivity index (χ1) is 5.59. The number of amides is 1. The summed E-state index contributed by atoms with van der Waals surface area (Å²) in [5.41, 5.74) is 5.06. The summed E-state index contributed by atoms with van der Waals surface area (Å²) in [6, 6.07) is 0. The minimum Gasteiger partial charge on any atom is -0.442 e. The van der Waals surface area contributed by atoms with E-state index in [4.69, 9.17) is 15.9 Å². The van der Waals surface area contributed by atoms with E-state index in [0.717, 1.165) is 0 Å². The minimum absolute atomic E-state index is 0.111. The van der Waals surface area contributed by atoms with E-state index in [9.17, 15) is 4.79 Å². The highest BCUT2D eigenvalue weighted by atomic mass is 16.6. The van der Waals surface area contributed by atoms with Crippen LogP contribution in [0.15, 0.2) is 0 Å². The lowest BCUT2D eigenvalue weighted by atomic mass is 10.3. The third-order valence-corrected chi connectivity index (χ3v) is 1.58. The van der Waals surface area contributed by atoms with Gasteiger partial charge in [-0.15, -0.1) is 0 Å². The number of rotatable bonds is 2. The van der Waals surface area contributed by atoms with Gasteiger partial charge in [0.25, 0.3) is 0 Å². The standard InChI is InChI=1S/C6H12N4O2/c1-10-3-4(12-6(10)11)2-9-5(7)8/h4H,2-3H2,1H3,(H4,7,8,9). The Morgan fingerprint density at radius 1 is 2.00 bits per heavy atom. The molecule has 1 atom stereocenters. The molecule has 6 nitrogen and oxygen atoms in total. The highest BCUT2D eigenvalue weighted by molar-refractivity contribution is 5.74. The quantitative estimate of drug-likeness (QED) is 0.365. The highest BCUT2D eigenvalue weighted by Crippen LogP contribution is 2.06. The van der Waals surface area contributed by atoms with Gasteiger partial charge in [0.05, 0.1) is 13.1 Å². The second-order valence-corrected chi connectivity index (χ2v) is 2.68. The van der Waals surface area contributed by atoms with Crippen molar-refractivity contribution in [2.24, 2.45) is 5.73 Å². The van der Waals surface area contributed by atoms with Crippen LogP contribution in [-0.2, 0) is 4.74 Å². The lowest BCUT2D eigenvalue weighted by Crippen LogP contribution is -2.37. The number of hydrogen-bond acceptors (Lipinski definition) is 3. The van der Waals surface area contributed by atoms with E-state index in [-0.39, 0.29) is 18.2 Å². The topological polar surface area (TPSA) is 91.4 Å². The molecule has 0 saturated carbocycles. The molecule has 1 unspecified atom stereocenters. The minimum atomic E-state index is -0.328. The first-order valence-electron chi connectivity index (χ1n) is 3.59. The van der Waals surface area contributed by atoms with E-state index < -0.39 is 0 Å². The predicted molar refractivity (Wildman–Crippen MR) is 42.8 cm³/mol. The molecule has 6 heteroatoms. The van der Waals surface area contributed by atoms with Gasteiger partial charge in [0.15, 0.2) is 5.96 Å². The molecule has 0 spiro atoms. The van der Waals surface area contributed by atoms with Crippen molar-refractivity contribution in [3.8, 4) is 0 Å². The number of cyclic esters (lactones) is 1. The van der Waals surface area contributed by atoms with E-state index in [1.807, 2.05) is 0 Å². The molecule has 0 aromatic heterocycles. The van der Waals surface area contributed by atoms with E-state index in [0.29, 0.717) is 13.1 Å². The van der Waals surface area contributed by atoms with Gasteiger partial charge in [-0.05, 0) is 0 Å². The lowest BCUT2D eigenvalue weighted by Gasteiger charge is -2.08. The summed E-state index contributed by atoms with van der Waals surface area (Å²) < 4.78 is 4.90. The third-order valence-electron chi connectivity index (χ3n) is 1.58. The Kier molecular flexibility index (Phi) is 2.37. The van der Waals surface area contributed by atoms with E-state index in [1.165, 1.54) is 4.90 Å². The first-order valence-corrected chi connectivity index (χ1v) is 3.59. The normalized spacial score (nSPS) is 22.2. The van der Waals surface area contributed by atoms with Crippen molar-refractivity contribution in [3.05, 3.63) is 0 Å². The fourth-order valence-electron chi connectivity index (χ4n) is 0.980. The zero-order valence-electron chi connectivity index (χ0n) is 6.83. The lowest BCUT2D eigenvalue weighted by molar-refractivity contribution is 0.135. The van der Waals surface area contributed by atoms with Gasteiger partial charge in [-0.2, -0.15) is 0 Å². The molecule has 1 aliphatic heterocycles. The number of carbonyl (C=O) groups is 1. The molecule has 1 fully saturated rings. The molecule has 1 rings (SSSR count). The average Bonchev–Trinajstić information content (AvgIpc) is 2.28. The summed E-state index contributed by atoms with van der Waals surface area (Å²) in [7, 11) is 1.66. The van der Waals surface area contributed by atoms with Crippen LogP contribution in [0.2, 0.25) is 0 Å². The fraction of sp³-hybridized carbons (Fsp3) is 0.667. The van der Waals surface area contributed by atoms with Crippen LogP contribution < -0.4 is 11.1 Å². The van der Waals surface area contributed by atoms with Crippen LogP contribution in [0.25, 0.3) is 0 Å². The Labute approximate surface area is 70.2 Å². The summed E-state index contributed by atoms with van der Waals surface area (Å²) in [6.07, 6.45) is -0.531. The second kappa shape index (κ2) is 3.29. The SMILES string of the molecule is CN1CC(CNC(=N)N)OC1=O. The molecule has 12 heavy (non-hydrogen) atoms. The summed E-state index contributed by atoms with van der Waals surface area (Å²) in [5, 5.41) is 9.46. The smallest absolute Gasteiger partial charge is 0.410 e.